The standard InChI is InChI=1S/C25H24N6O/c1-18(2)21-17-20(30-15-6-14-27-30)9-10-23(21)31-16-12-24(32)25(29-31)22(11-13-26)28-19-7-4-3-5-8-19/h3-18,26,28H,1-2H3/b22-11-,26-13?. The first-order valence-corrected chi connectivity index (χ1v) is 10.3. The molecule has 2 heterocycles. The Kier molecular flexibility index (Phi) is 6.07. The number of hydrogen-bond donors (Lipinski definition) is 2. The summed E-state index contributed by atoms with van der Waals surface area (Å²) >= 11 is 0. The lowest BCUT2D eigenvalue weighted by Gasteiger charge is -2.17. The van der Waals surface area contributed by atoms with Crippen LogP contribution in [0.15, 0.2) is 90.1 Å². The molecule has 32 heavy (non-hydrogen) atoms. The van der Waals surface area contributed by atoms with Gasteiger partial charge < -0.3 is 10.7 Å². The molecule has 0 aliphatic carbocycles. The molecule has 0 amide bonds. The maximum absolute atomic E-state index is 12.7. The van der Waals surface area contributed by atoms with E-state index >= 15 is 0 Å². The summed E-state index contributed by atoms with van der Waals surface area (Å²) in [4.78, 5) is 12.7. The largest absolute Gasteiger partial charge is 0.354 e. The highest BCUT2D eigenvalue weighted by Gasteiger charge is 2.14. The second kappa shape index (κ2) is 9.26. The van der Waals surface area contributed by atoms with E-state index in [1.165, 1.54) is 12.1 Å². The van der Waals surface area contributed by atoms with Crippen LogP contribution in [0.3, 0.4) is 0 Å². The van der Waals surface area contributed by atoms with E-state index in [9.17, 15) is 4.79 Å². The van der Waals surface area contributed by atoms with Crippen LogP contribution >= 0.6 is 0 Å². The monoisotopic (exact) mass is 424 g/mol. The fraction of sp³-hybridized carbons (Fsp3) is 0.120. The van der Waals surface area contributed by atoms with E-state index in [4.69, 9.17) is 5.41 Å². The van der Waals surface area contributed by atoms with Crippen molar-refractivity contribution in [2.24, 2.45) is 0 Å². The molecule has 4 rings (SSSR count). The number of para-hydroxylation sites is 1. The molecule has 2 aromatic carbocycles. The number of aromatic nitrogens is 4. The lowest BCUT2D eigenvalue weighted by molar-refractivity contribution is 0.777. The molecule has 0 saturated heterocycles. The summed E-state index contributed by atoms with van der Waals surface area (Å²) in [6.45, 7) is 4.24. The number of rotatable bonds is 7. The van der Waals surface area contributed by atoms with Crippen molar-refractivity contribution >= 4 is 17.6 Å². The van der Waals surface area contributed by atoms with E-state index in [-0.39, 0.29) is 17.0 Å². The van der Waals surface area contributed by atoms with Gasteiger partial charge >= 0.3 is 0 Å². The molecule has 7 nitrogen and oxygen atoms in total. The highest BCUT2D eigenvalue weighted by atomic mass is 16.1. The Morgan fingerprint density at radius 3 is 2.53 bits per heavy atom. The Morgan fingerprint density at radius 2 is 1.84 bits per heavy atom. The fourth-order valence-electron chi connectivity index (χ4n) is 3.45. The van der Waals surface area contributed by atoms with Crippen molar-refractivity contribution in [2.45, 2.75) is 19.8 Å². The molecule has 0 spiro atoms. The third-order valence-electron chi connectivity index (χ3n) is 5.02. The van der Waals surface area contributed by atoms with Gasteiger partial charge in [-0.25, -0.2) is 9.36 Å². The minimum atomic E-state index is -0.225. The number of benzene rings is 2. The predicted molar refractivity (Wildman–Crippen MR) is 128 cm³/mol. The number of hydrogen-bond acceptors (Lipinski definition) is 5. The molecule has 7 heteroatoms. The van der Waals surface area contributed by atoms with E-state index in [0.29, 0.717) is 5.70 Å². The Bertz CT molecular complexity index is 1300. The van der Waals surface area contributed by atoms with Gasteiger partial charge in [-0.3, -0.25) is 4.79 Å². The molecule has 0 aliphatic heterocycles. The number of allylic oxidation sites excluding steroid dienone is 1. The van der Waals surface area contributed by atoms with Gasteiger partial charge in [-0.1, -0.05) is 32.0 Å². The second-order valence-corrected chi connectivity index (χ2v) is 7.56. The van der Waals surface area contributed by atoms with Gasteiger partial charge in [0.1, 0.15) is 0 Å². The van der Waals surface area contributed by atoms with Crippen molar-refractivity contribution in [3.63, 3.8) is 0 Å². The fourth-order valence-corrected chi connectivity index (χ4v) is 3.45. The molecule has 0 radical (unpaired) electrons. The Morgan fingerprint density at radius 1 is 1.03 bits per heavy atom. The molecule has 0 fully saturated rings. The van der Waals surface area contributed by atoms with Gasteiger partial charge in [0.25, 0.3) is 0 Å². The van der Waals surface area contributed by atoms with Gasteiger partial charge in [0.05, 0.1) is 17.1 Å². The average Bonchev–Trinajstić information content (AvgIpc) is 3.35. The van der Waals surface area contributed by atoms with Gasteiger partial charge in [0.2, 0.25) is 5.43 Å². The molecule has 2 N–H and O–H groups in total. The number of nitrogens with zero attached hydrogens (tertiary/aromatic N) is 4. The first-order chi connectivity index (χ1) is 15.6. The summed E-state index contributed by atoms with van der Waals surface area (Å²) in [5.74, 6) is 0.226. The highest BCUT2D eigenvalue weighted by molar-refractivity contribution is 5.86. The lowest BCUT2D eigenvalue weighted by atomic mass is 10.0. The first kappa shape index (κ1) is 21.0. The summed E-state index contributed by atoms with van der Waals surface area (Å²) in [5, 5.41) is 19.7. The third kappa shape index (κ3) is 4.41. The molecule has 0 bridgehead atoms. The van der Waals surface area contributed by atoms with Gasteiger partial charge in [0.15, 0.2) is 5.69 Å². The Labute approximate surface area is 186 Å². The molecule has 0 atom stereocenters. The van der Waals surface area contributed by atoms with Crippen LogP contribution in [0.5, 0.6) is 0 Å². The minimum Gasteiger partial charge on any atom is -0.354 e. The van der Waals surface area contributed by atoms with Crippen molar-refractivity contribution < 1.29 is 0 Å². The van der Waals surface area contributed by atoms with Crippen LogP contribution < -0.4 is 10.7 Å². The number of nitrogens with one attached hydrogen (secondary N) is 2. The normalized spacial score (nSPS) is 11.5. The predicted octanol–water partition coefficient (Wildman–Crippen LogP) is 4.64. The van der Waals surface area contributed by atoms with Crippen molar-refractivity contribution in [1.29, 1.82) is 5.41 Å². The highest BCUT2D eigenvalue weighted by Crippen LogP contribution is 2.25. The summed E-state index contributed by atoms with van der Waals surface area (Å²) in [5.41, 5.74) is 4.20. The van der Waals surface area contributed by atoms with Crippen LogP contribution in [0.4, 0.5) is 5.69 Å². The van der Waals surface area contributed by atoms with E-state index in [0.717, 1.165) is 28.8 Å². The van der Waals surface area contributed by atoms with Crippen molar-refractivity contribution in [2.75, 3.05) is 5.32 Å². The molecule has 4 aromatic rings. The van der Waals surface area contributed by atoms with Crippen LogP contribution in [0.25, 0.3) is 17.1 Å². The van der Waals surface area contributed by atoms with Crippen LogP contribution in [0.1, 0.15) is 31.0 Å². The molecule has 0 saturated carbocycles. The third-order valence-corrected chi connectivity index (χ3v) is 5.02. The van der Waals surface area contributed by atoms with E-state index < -0.39 is 0 Å². The molecule has 0 unspecified atom stereocenters. The maximum atomic E-state index is 12.7. The van der Waals surface area contributed by atoms with Gasteiger partial charge in [-0.2, -0.15) is 10.2 Å². The van der Waals surface area contributed by atoms with E-state index in [1.54, 1.807) is 17.1 Å². The molecule has 2 aromatic heterocycles. The summed E-state index contributed by atoms with van der Waals surface area (Å²) < 4.78 is 3.53. The van der Waals surface area contributed by atoms with E-state index in [2.05, 4.69) is 35.4 Å². The smallest absolute Gasteiger partial charge is 0.209 e. The molecular formula is C25H24N6O. The average molecular weight is 425 g/mol. The van der Waals surface area contributed by atoms with Crippen molar-refractivity contribution in [1.82, 2.24) is 19.6 Å². The SMILES string of the molecule is CC(C)c1cc(-n2cccn2)ccc1-n1ccc(=O)c(/C(=C/C=N)Nc2ccccc2)n1. The van der Waals surface area contributed by atoms with Crippen molar-refractivity contribution in [3.8, 4) is 11.4 Å². The lowest BCUT2D eigenvalue weighted by Crippen LogP contribution is -2.19. The van der Waals surface area contributed by atoms with Gasteiger partial charge in [-0.15, -0.1) is 0 Å². The Hall–Kier alpha value is -4.26. The van der Waals surface area contributed by atoms with Crippen LogP contribution in [-0.2, 0) is 0 Å². The first-order valence-electron chi connectivity index (χ1n) is 10.3. The summed E-state index contributed by atoms with van der Waals surface area (Å²) in [7, 11) is 0. The zero-order chi connectivity index (χ0) is 22.5. The van der Waals surface area contributed by atoms with E-state index in [1.807, 2.05) is 59.4 Å². The maximum Gasteiger partial charge on any atom is 0.209 e. The van der Waals surface area contributed by atoms with Gasteiger partial charge in [-0.05, 0) is 54.0 Å². The van der Waals surface area contributed by atoms with Crippen LogP contribution in [0.2, 0.25) is 0 Å². The topological polar surface area (TPSA) is 88.6 Å². The van der Waals surface area contributed by atoms with Gasteiger partial charge in [0, 0.05) is 36.6 Å². The Balaban J connectivity index is 1.79. The zero-order valence-corrected chi connectivity index (χ0v) is 17.9. The zero-order valence-electron chi connectivity index (χ0n) is 17.9. The molecular weight excluding hydrogens is 400 g/mol. The quantitative estimate of drug-likeness (QED) is 0.423. The minimum absolute atomic E-state index is 0.225. The van der Waals surface area contributed by atoms with Crippen molar-refractivity contribution in [3.05, 3.63) is 107 Å². The second-order valence-electron chi connectivity index (χ2n) is 7.56. The number of anilines is 1. The van der Waals surface area contributed by atoms with Crippen LogP contribution in [0, 0.1) is 5.41 Å². The molecule has 160 valence electrons. The summed E-state index contributed by atoms with van der Waals surface area (Å²) in [6, 6.07) is 18.9. The summed E-state index contributed by atoms with van der Waals surface area (Å²) in [6.07, 6.45) is 7.99. The molecule has 0 aliphatic rings. The van der Waals surface area contributed by atoms with Crippen LogP contribution in [-0.4, -0.2) is 25.8 Å².